The van der Waals surface area contributed by atoms with E-state index < -0.39 is 0 Å². The first-order valence-corrected chi connectivity index (χ1v) is 9.75. The van der Waals surface area contributed by atoms with Crippen LogP contribution in [0.4, 0.5) is 4.39 Å². The molecule has 3 rings (SSSR count). The molecule has 1 aliphatic rings. The number of likely N-dealkylation sites (tertiary alicyclic amines) is 1. The van der Waals surface area contributed by atoms with Crippen LogP contribution in [-0.2, 0) is 14.9 Å². The van der Waals surface area contributed by atoms with Crippen LogP contribution in [0.15, 0.2) is 61.2 Å². The first-order valence-electron chi connectivity index (χ1n) is 9.75. The molecule has 1 aliphatic heterocycles. The number of hydrogen-bond donors (Lipinski definition) is 0. The van der Waals surface area contributed by atoms with Crippen molar-refractivity contribution in [2.24, 2.45) is 0 Å². The van der Waals surface area contributed by atoms with Crippen molar-refractivity contribution in [1.29, 1.82) is 0 Å². The van der Waals surface area contributed by atoms with Crippen LogP contribution in [0, 0.1) is 5.82 Å². The van der Waals surface area contributed by atoms with Crippen LogP contribution in [-0.4, -0.2) is 30.4 Å². The Morgan fingerprint density at radius 1 is 1.24 bits per heavy atom. The molecule has 0 aromatic heterocycles. The summed E-state index contributed by atoms with van der Waals surface area (Å²) in [6.07, 6.45) is 3.64. The maximum Gasteiger partial charge on any atom is 0.337 e. The highest BCUT2D eigenvalue weighted by atomic mass is 19.1. The molecule has 2 aromatic carbocycles. The largest absolute Gasteiger partial charge is 0.465 e. The lowest BCUT2D eigenvalue weighted by molar-refractivity contribution is -0.138. The van der Waals surface area contributed by atoms with Crippen LogP contribution in [0.2, 0.25) is 0 Å². The molecule has 29 heavy (non-hydrogen) atoms. The standard InChI is InChI=1S/C24H26FNO3/c1-4-13-24(20-9-11-21(25)12-10-20)14-15-26(22(27)16-24)17(2)18-5-7-19(8-6-18)23(28)29-3/h4-12,17H,1,13-16H2,2-3H3/t17-,24-/m0/s1. The van der Waals surface area contributed by atoms with Gasteiger partial charge in [0.2, 0.25) is 5.91 Å². The maximum atomic E-state index is 13.4. The molecule has 0 spiro atoms. The molecule has 0 bridgehead atoms. The minimum atomic E-state index is -0.383. The SMILES string of the molecule is C=CC[C@]1(c2ccc(F)cc2)CCN([C@@H](C)c2ccc(C(=O)OC)cc2)C(=O)C1. The maximum absolute atomic E-state index is 13.4. The van der Waals surface area contributed by atoms with E-state index in [1.165, 1.54) is 19.2 Å². The quantitative estimate of drug-likeness (QED) is 0.521. The second-order valence-corrected chi connectivity index (χ2v) is 7.58. The molecule has 0 saturated carbocycles. The average molecular weight is 395 g/mol. The molecule has 1 saturated heterocycles. The van der Waals surface area contributed by atoms with Crippen LogP contribution in [0.1, 0.15) is 53.7 Å². The first-order chi connectivity index (χ1) is 13.9. The van der Waals surface area contributed by atoms with Crippen LogP contribution in [0.25, 0.3) is 0 Å². The third-order valence-corrected chi connectivity index (χ3v) is 5.91. The Balaban J connectivity index is 1.79. The predicted molar refractivity (Wildman–Crippen MR) is 110 cm³/mol. The molecular weight excluding hydrogens is 369 g/mol. The number of hydrogen-bond acceptors (Lipinski definition) is 3. The zero-order chi connectivity index (χ0) is 21.0. The lowest BCUT2D eigenvalue weighted by Crippen LogP contribution is -2.47. The predicted octanol–water partition coefficient (Wildman–Crippen LogP) is 4.81. The van der Waals surface area contributed by atoms with Crippen molar-refractivity contribution in [3.05, 3.63) is 83.7 Å². The summed E-state index contributed by atoms with van der Waals surface area (Å²) in [7, 11) is 1.35. The summed E-state index contributed by atoms with van der Waals surface area (Å²) in [6.45, 7) is 6.45. The van der Waals surface area contributed by atoms with Gasteiger partial charge in [-0.15, -0.1) is 6.58 Å². The number of methoxy groups -OCH3 is 1. The van der Waals surface area contributed by atoms with Gasteiger partial charge in [0.25, 0.3) is 0 Å². The Hall–Kier alpha value is -2.95. The van der Waals surface area contributed by atoms with Crippen molar-refractivity contribution in [2.75, 3.05) is 13.7 Å². The smallest absolute Gasteiger partial charge is 0.337 e. The van der Waals surface area contributed by atoms with Crippen molar-refractivity contribution in [3.8, 4) is 0 Å². The third kappa shape index (κ3) is 4.24. The van der Waals surface area contributed by atoms with Gasteiger partial charge in [0.05, 0.1) is 18.7 Å². The number of amides is 1. The van der Waals surface area contributed by atoms with Crippen molar-refractivity contribution < 1.29 is 18.7 Å². The van der Waals surface area contributed by atoms with E-state index in [9.17, 15) is 14.0 Å². The molecule has 0 unspecified atom stereocenters. The minimum Gasteiger partial charge on any atom is -0.465 e. The summed E-state index contributed by atoms with van der Waals surface area (Å²) in [5, 5.41) is 0. The molecule has 5 heteroatoms. The number of allylic oxidation sites excluding steroid dienone is 1. The normalized spacial score (nSPS) is 20.2. The number of carbonyl (C=O) groups excluding carboxylic acids is 2. The van der Waals surface area contributed by atoms with Crippen LogP contribution in [0.3, 0.4) is 0 Å². The van der Waals surface area contributed by atoms with E-state index in [1.54, 1.807) is 24.3 Å². The van der Waals surface area contributed by atoms with Crippen LogP contribution in [0.5, 0.6) is 0 Å². The number of carbonyl (C=O) groups is 2. The van der Waals surface area contributed by atoms with Gasteiger partial charge in [-0.05, 0) is 55.2 Å². The van der Waals surface area contributed by atoms with E-state index in [2.05, 4.69) is 6.58 Å². The third-order valence-electron chi connectivity index (χ3n) is 5.91. The monoisotopic (exact) mass is 395 g/mol. The number of benzene rings is 2. The van der Waals surface area contributed by atoms with Gasteiger partial charge in [-0.25, -0.2) is 9.18 Å². The Bertz CT molecular complexity index is 891. The van der Waals surface area contributed by atoms with Gasteiger partial charge in [-0.3, -0.25) is 4.79 Å². The minimum absolute atomic E-state index is 0.0620. The molecule has 0 radical (unpaired) electrons. The molecule has 4 nitrogen and oxygen atoms in total. The summed E-state index contributed by atoms with van der Waals surface area (Å²) in [6, 6.07) is 13.5. The Morgan fingerprint density at radius 2 is 1.90 bits per heavy atom. The number of halogens is 1. The lowest BCUT2D eigenvalue weighted by Gasteiger charge is -2.43. The second kappa shape index (κ2) is 8.60. The number of esters is 1. The average Bonchev–Trinajstić information content (AvgIpc) is 2.73. The molecule has 1 heterocycles. The first kappa shape index (κ1) is 20.8. The fourth-order valence-corrected chi connectivity index (χ4v) is 4.16. The van der Waals surface area contributed by atoms with Gasteiger partial charge in [0, 0.05) is 18.4 Å². The van der Waals surface area contributed by atoms with E-state index in [0.717, 1.165) is 17.5 Å². The Labute approximate surface area is 171 Å². The molecule has 2 atom stereocenters. The zero-order valence-corrected chi connectivity index (χ0v) is 16.9. The van der Waals surface area contributed by atoms with E-state index in [-0.39, 0.29) is 29.2 Å². The van der Waals surface area contributed by atoms with Gasteiger partial charge < -0.3 is 9.64 Å². The van der Waals surface area contributed by atoms with Gasteiger partial charge in [-0.1, -0.05) is 30.3 Å². The summed E-state index contributed by atoms with van der Waals surface area (Å²) >= 11 is 0. The van der Waals surface area contributed by atoms with Crippen molar-refractivity contribution in [1.82, 2.24) is 4.90 Å². The van der Waals surface area contributed by atoms with Crippen molar-refractivity contribution in [2.45, 2.75) is 37.6 Å². The topological polar surface area (TPSA) is 46.6 Å². The second-order valence-electron chi connectivity index (χ2n) is 7.58. The van der Waals surface area contributed by atoms with Crippen molar-refractivity contribution >= 4 is 11.9 Å². The molecule has 1 fully saturated rings. The molecule has 0 N–H and O–H groups in total. The van der Waals surface area contributed by atoms with E-state index in [0.29, 0.717) is 24.9 Å². The fraction of sp³-hybridized carbons (Fsp3) is 0.333. The van der Waals surface area contributed by atoms with Gasteiger partial charge in [0.15, 0.2) is 0 Å². The Morgan fingerprint density at radius 3 is 2.45 bits per heavy atom. The fourth-order valence-electron chi connectivity index (χ4n) is 4.16. The van der Waals surface area contributed by atoms with Crippen LogP contribution >= 0.6 is 0 Å². The van der Waals surface area contributed by atoms with E-state index in [1.807, 2.05) is 30.0 Å². The summed E-state index contributed by atoms with van der Waals surface area (Å²) in [5.41, 5.74) is 2.07. The highest BCUT2D eigenvalue weighted by Crippen LogP contribution is 2.41. The summed E-state index contributed by atoms with van der Waals surface area (Å²) in [4.78, 5) is 26.6. The van der Waals surface area contributed by atoms with Gasteiger partial charge >= 0.3 is 5.97 Å². The number of ether oxygens (including phenoxy) is 1. The van der Waals surface area contributed by atoms with Crippen LogP contribution < -0.4 is 0 Å². The summed E-state index contributed by atoms with van der Waals surface area (Å²) < 4.78 is 18.1. The number of rotatable bonds is 6. The highest BCUT2D eigenvalue weighted by molar-refractivity contribution is 5.89. The zero-order valence-electron chi connectivity index (χ0n) is 16.9. The lowest BCUT2D eigenvalue weighted by atomic mass is 9.70. The molecular formula is C24H26FNO3. The van der Waals surface area contributed by atoms with Gasteiger partial charge in [0.1, 0.15) is 5.82 Å². The molecule has 152 valence electrons. The highest BCUT2D eigenvalue weighted by Gasteiger charge is 2.40. The summed E-state index contributed by atoms with van der Waals surface area (Å²) in [5.74, 6) is -0.603. The number of piperidine rings is 1. The molecule has 0 aliphatic carbocycles. The Kier molecular flexibility index (Phi) is 6.16. The number of nitrogens with zero attached hydrogens (tertiary/aromatic N) is 1. The van der Waals surface area contributed by atoms with E-state index >= 15 is 0 Å². The van der Waals surface area contributed by atoms with Gasteiger partial charge in [-0.2, -0.15) is 0 Å². The van der Waals surface area contributed by atoms with E-state index in [4.69, 9.17) is 4.74 Å². The van der Waals surface area contributed by atoms with Crippen molar-refractivity contribution in [3.63, 3.8) is 0 Å². The molecule has 1 amide bonds. The molecule has 2 aromatic rings.